The van der Waals surface area contributed by atoms with Crippen LogP contribution in [0.15, 0.2) is 0 Å². The molecule has 0 aliphatic carbocycles. The molecule has 9 heterocycles. The zero-order valence-corrected chi connectivity index (χ0v) is 61.4. The van der Waals surface area contributed by atoms with E-state index < -0.39 is 365 Å². The van der Waals surface area contributed by atoms with E-state index in [-0.39, 0.29) is 0 Å². The van der Waals surface area contributed by atoms with Gasteiger partial charge in [0.05, 0.1) is 84.3 Å². The Labute approximate surface area is 642 Å². The lowest BCUT2D eigenvalue weighted by molar-refractivity contribution is -0.401. The lowest BCUT2D eigenvalue weighted by atomic mass is 9.90. The SMILES string of the molecule is CC(=O)NC1C(O)[C@H](O[C@@H]2OC(CO)[C@H](O)C(O)C2O)C(CO)O[C@H]1OC1C(O)CC(CO)(CO)O[C@@H]1OC1C(O)[C@H](O[C@@H]2C(CO)O[C@@H](O[C@@H]3C(CO)O[C@@H](C)C(NC(C)=O)C3O)C(NC(C)=O)C2O)OC(CO[C@H]2OC(CO)[C@@H](O)C(O)C2O[C@@H]2OC(CO)[C@@H](O[C@@H]3OC(CO)[C@H](O)C(O)C3O)C(O)C2NC(C)=O)[C@H]1O. The summed E-state index contributed by atoms with van der Waals surface area (Å²) in [5, 5.41) is 277. The van der Waals surface area contributed by atoms with Crippen LogP contribution in [0, 0.1) is 0 Å². The summed E-state index contributed by atoms with van der Waals surface area (Å²) in [6.07, 6.45) is -79.1. The first-order chi connectivity index (χ1) is 53.5. The second-order valence-corrected chi connectivity index (χ2v) is 29.0. The summed E-state index contributed by atoms with van der Waals surface area (Å²) < 4.78 is 102. The van der Waals surface area contributed by atoms with Gasteiger partial charge in [-0.05, 0) is 6.92 Å². The van der Waals surface area contributed by atoms with E-state index >= 15 is 0 Å². The number of ether oxygens (including phenoxy) is 17. The summed E-state index contributed by atoms with van der Waals surface area (Å²) in [5.74, 6) is -3.38. The van der Waals surface area contributed by atoms with E-state index in [2.05, 4.69) is 21.3 Å². The molecule has 0 aromatic heterocycles. The third-order valence-electron chi connectivity index (χ3n) is 21.0. The molecule has 9 aliphatic heterocycles. The standard InChI is InChI=1S/C64H108N4O45/c1-17-31(65-18(2)78)39(87)50(26(10-72)98-17)107-57-33(67-20(4)80)41(89)53(29(13-75)103-57)110-61-48(96)54(111-63-49(22(82)6-64(15-76,16-77)113-63)106-56-32(66-19(3)79)40(88)51(27(11-73)102-56)108-59-46(94)43(91)35(83)23(7-69)99-59)38(86)30(105-61)14-97-62-55(45(93)37(85)25(9-71)101-62)112-58-34(68-21(5)81)42(90)52(28(12-74)104-58)109-60-47(95)44(92)36(84)24(8-70)100-60/h17,22-63,69-77,82-96H,6-16H2,1-5H3,(H,65,78)(H,66,79)(H,67,80)(H,68,81)/t17-,22?,23?,24?,25?,26?,27?,28?,29?,30?,31?,32?,33?,34?,35-,36-,37+,38+,39?,40?,41?,42?,43?,44?,45?,46?,47?,48?,49?,50+,51+,52+,53+,54?,55?,56-,57-,58-,59-,60-,61-,62-,63-/m0/s1. The molecule has 4 amide bonds. The quantitative estimate of drug-likeness (QED) is 0.0318. The minimum Gasteiger partial charge on any atom is -0.394 e. The lowest BCUT2D eigenvalue weighted by Gasteiger charge is -2.52. The minimum atomic E-state index is -2.56. The highest BCUT2D eigenvalue weighted by molar-refractivity contribution is 5.74. The Kier molecular flexibility index (Phi) is 33.4. The van der Waals surface area contributed by atoms with Crippen molar-refractivity contribution >= 4 is 23.6 Å². The van der Waals surface area contributed by atoms with Crippen LogP contribution in [-0.4, -0.2) is 482 Å². The number of amides is 4. The number of nitrogens with one attached hydrogen (secondary N) is 4. The van der Waals surface area contributed by atoms with Crippen LogP contribution in [0.1, 0.15) is 41.0 Å². The lowest BCUT2D eigenvalue weighted by Crippen LogP contribution is -2.70. The zero-order valence-electron chi connectivity index (χ0n) is 61.4. The van der Waals surface area contributed by atoms with Gasteiger partial charge in [-0.15, -0.1) is 0 Å². The highest BCUT2D eigenvalue weighted by Gasteiger charge is 2.61. The minimum absolute atomic E-state index is 0.628. The molecule has 49 nitrogen and oxygen atoms in total. The fraction of sp³-hybridized carbons (Fsp3) is 0.938. The van der Waals surface area contributed by atoms with Gasteiger partial charge in [0.2, 0.25) is 23.6 Å². The second kappa shape index (κ2) is 40.5. The number of carbonyl (C=O) groups is 4. The average Bonchev–Trinajstić information content (AvgIpc) is 0.767. The number of hydrogen-bond acceptors (Lipinski definition) is 45. The molecule has 113 heavy (non-hydrogen) atoms. The Morgan fingerprint density at radius 2 is 0.602 bits per heavy atom. The highest BCUT2D eigenvalue weighted by Crippen LogP contribution is 2.41. The average molecular weight is 1650 g/mol. The topological polar surface area (TPSA) is 759 Å². The van der Waals surface area contributed by atoms with Crippen molar-refractivity contribution in [3.63, 3.8) is 0 Å². The van der Waals surface area contributed by atoms with Crippen LogP contribution < -0.4 is 21.3 Å². The van der Waals surface area contributed by atoms with Gasteiger partial charge in [-0.3, -0.25) is 19.2 Å². The van der Waals surface area contributed by atoms with Gasteiger partial charge in [0.1, 0.15) is 201 Å². The maximum Gasteiger partial charge on any atom is 0.217 e. The highest BCUT2D eigenvalue weighted by atomic mass is 16.8. The number of aliphatic hydroxyl groups is 24. The Morgan fingerprint density at radius 3 is 0.982 bits per heavy atom. The Balaban J connectivity index is 1.06. The Hall–Kier alpha value is -3.76. The van der Waals surface area contributed by atoms with Gasteiger partial charge in [0.15, 0.2) is 50.3 Å². The molecule has 49 heteroatoms. The first-order valence-electron chi connectivity index (χ1n) is 36.4. The van der Waals surface area contributed by atoms with E-state index in [9.17, 15) is 142 Å². The normalized spacial score (nSPS) is 47.7. The monoisotopic (exact) mass is 1650 g/mol. The zero-order chi connectivity index (χ0) is 83.3. The molecule has 9 rings (SSSR count). The van der Waals surface area contributed by atoms with Crippen molar-refractivity contribution in [3.8, 4) is 0 Å². The fourth-order valence-electron chi connectivity index (χ4n) is 14.9. The Morgan fingerprint density at radius 1 is 0.301 bits per heavy atom. The number of rotatable bonds is 30. The van der Waals surface area contributed by atoms with Gasteiger partial charge in [-0.2, -0.15) is 0 Å². The van der Waals surface area contributed by atoms with Crippen LogP contribution >= 0.6 is 0 Å². The molecule has 9 aliphatic rings. The third-order valence-corrected chi connectivity index (χ3v) is 21.0. The maximum absolute atomic E-state index is 13.1. The van der Waals surface area contributed by atoms with Gasteiger partial charge in [-0.25, -0.2) is 0 Å². The van der Waals surface area contributed by atoms with Crippen LogP contribution in [0.2, 0.25) is 0 Å². The van der Waals surface area contributed by atoms with E-state index in [0.29, 0.717) is 0 Å². The van der Waals surface area contributed by atoms with Crippen LogP contribution in [0.4, 0.5) is 0 Å². The van der Waals surface area contributed by atoms with Crippen molar-refractivity contribution in [2.24, 2.45) is 0 Å². The predicted molar refractivity (Wildman–Crippen MR) is 352 cm³/mol. The molecule has 9 fully saturated rings. The summed E-state index contributed by atoms with van der Waals surface area (Å²) in [7, 11) is 0. The van der Waals surface area contributed by atoms with Gasteiger partial charge in [0.25, 0.3) is 0 Å². The van der Waals surface area contributed by atoms with Crippen molar-refractivity contribution in [2.45, 2.75) is 310 Å². The van der Waals surface area contributed by atoms with Crippen molar-refractivity contribution in [3.05, 3.63) is 0 Å². The van der Waals surface area contributed by atoms with Crippen molar-refractivity contribution in [2.75, 3.05) is 66.1 Å². The molecule has 0 spiro atoms. The van der Waals surface area contributed by atoms with E-state index in [0.717, 1.165) is 27.7 Å². The molecule has 28 N–H and O–H groups in total. The molecule has 0 aromatic rings. The van der Waals surface area contributed by atoms with Crippen molar-refractivity contribution in [1.82, 2.24) is 21.3 Å². The van der Waals surface area contributed by atoms with Gasteiger partial charge < -0.3 is 224 Å². The van der Waals surface area contributed by atoms with Crippen LogP contribution in [0.5, 0.6) is 0 Å². The van der Waals surface area contributed by atoms with E-state index in [1.807, 2.05) is 0 Å². The van der Waals surface area contributed by atoms with Gasteiger partial charge >= 0.3 is 0 Å². The van der Waals surface area contributed by atoms with Crippen LogP contribution in [0.25, 0.3) is 0 Å². The summed E-state index contributed by atoms with van der Waals surface area (Å²) in [5.41, 5.74) is -2.28. The van der Waals surface area contributed by atoms with Gasteiger partial charge in [0, 0.05) is 34.1 Å². The van der Waals surface area contributed by atoms with Crippen LogP contribution in [0.3, 0.4) is 0 Å². The molecule has 26 unspecified atom stereocenters. The fourth-order valence-corrected chi connectivity index (χ4v) is 14.9. The smallest absolute Gasteiger partial charge is 0.217 e. The Bertz CT molecular complexity index is 3000. The van der Waals surface area contributed by atoms with E-state index in [1.165, 1.54) is 6.92 Å². The van der Waals surface area contributed by atoms with E-state index in [4.69, 9.17) is 80.5 Å². The summed E-state index contributed by atoms with van der Waals surface area (Å²) >= 11 is 0. The van der Waals surface area contributed by atoms with E-state index in [1.54, 1.807) is 0 Å². The molecular formula is C64H108N4O45. The summed E-state index contributed by atoms with van der Waals surface area (Å²) in [4.78, 5) is 51.2. The third kappa shape index (κ3) is 20.6. The van der Waals surface area contributed by atoms with Crippen LogP contribution in [-0.2, 0) is 99.7 Å². The first-order valence-corrected chi connectivity index (χ1v) is 36.4. The number of carbonyl (C=O) groups excluding carboxylic acids is 4. The molecule has 43 atom stereocenters. The first kappa shape index (κ1) is 93.1. The van der Waals surface area contributed by atoms with Gasteiger partial charge in [-0.1, -0.05) is 0 Å². The predicted octanol–water partition coefficient (Wildman–Crippen LogP) is -18.6. The maximum atomic E-state index is 13.1. The largest absolute Gasteiger partial charge is 0.394 e. The number of hydrogen-bond donors (Lipinski definition) is 28. The summed E-state index contributed by atoms with van der Waals surface area (Å²) in [6, 6.07) is -6.87. The summed E-state index contributed by atoms with van der Waals surface area (Å²) in [6.45, 7) is -5.24. The molecule has 0 aromatic carbocycles. The molecular weight excluding hydrogens is 1540 g/mol. The molecule has 0 bridgehead atoms. The molecule has 0 radical (unpaired) electrons. The number of aliphatic hydroxyl groups excluding tert-OH is 24. The molecule has 654 valence electrons. The van der Waals surface area contributed by atoms with Crippen molar-refractivity contribution < 1.29 is 222 Å². The molecule has 0 saturated carbocycles. The second-order valence-electron chi connectivity index (χ2n) is 29.0. The molecule has 9 saturated heterocycles. The van der Waals surface area contributed by atoms with Crippen molar-refractivity contribution in [1.29, 1.82) is 0 Å².